The Balaban J connectivity index is 1.44. The topological polar surface area (TPSA) is 171 Å². The molecule has 4 rings (SSSR count). The van der Waals surface area contributed by atoms with Crippen molar-refractivity contribution in [3.63, 3.8) is 0 Å². The number of aromatic nitrogens is 2. The first-order valence-electron chi connectivity index (χ1n) is 9.22. The summed E-state index contributed by atoms with van der Waals surface area (Å²) < 4.78 is 0. The second-order valence-electron chi connectivity index (χ2n) is 6.53. The van der Waals surface area contributed by atoms with Gasteiger partial charge in [-0.25, -0.2) is 14.8 Å². The fraction of sp³-hybridized carbons (Fsp3) is 0.222. The van der Waals surface area contributed by atoms with Gasteiger partial charge in [-0.3, -0.25) is 14.5 Å². The van der Waals surface area contributed by atoms with Gasteiger partial charge in [-0.2, -0.15) is 0 Å². The van der Waals surface area contributed by atoms with Crippen molar-refractivity contribution < 1.29 is 24.7 Å². The second kappa shape index (κ2) is 10.0. The van der Waals surface area contributed by atoms with E-state index >= 15 is 0 Å². The first kappa shape index (κ1) is 23.4. The number of carboxylic acids is 1. The standard InChI is InChI=1S/C18H16N6O5S4/c19-18-21-8(5-31-18)11(23-29)14(25)22-12-15(26)24-13(17(27)28)9(6-30-16(12)24)32-7-33-10-3-1-2-4-20-10/h1-5,12,16,29H,6-7H2,(H2,19,21)(H,22,25)(H,27,28)/b23-11-/t12-,16-/m1/s1. The van der Waals surface area contributed by atoms with Crippen LogP contribution in [0, 0.1) is 0 Å². The molecule has 0 unspecified atom stereocenters. The number of carbonyl (C=O) groups excluding carboxylic acids is 2. The molecule has 4 heterocycles. The zero-order valence-electron chi connectivity index (χ0n) is 16.6. The number of hydrogen-bond acceptors (Lipinski definition) is 12. The number of fused-ring (bicyclic) bond motifs is 1. The number of thiazole rings is 1. The number of hydrogen-bond donors (Lipinski definition) is 4. The van der Waals surface area contributed by atoms with Crippen LogP contribution in [-0.2, 0) is 14.4 Å². The van der Waals surface area contributed by atoms with Gasteiger partial charge in [-0.05, 0) is 12.1 Å². The summed E-state index contributed by atoms with van der Waals surface area (Å²) >= 11 is 5.23. The van der Waals surface area contributed by atoms with Gasteiger partial charge in [0.15, 0.2) is 10.8 Å². The molecule has 0 saturated carbocycles. The van der Waals surface area contributed by atoms with E-state index in [4.69, 9.17) is 5.73 Å². The number of pyridine rings is 1. The lowest BCUT2D eigenvalue weighted by molar-refractivity contribution is -0.150. The first-order valence-corrected chi connectivity index (χ1v) is 13.1. The Morgan fingerprint density at radius 2 is 2.18 bits per heavy atom. The van der Waals surface area contributed by atoms with E-state index in [0.29, 0.717) is 15.7 Å². The van der Waals surface area contributed by atoms with Gasteiger partial charge < -0.3 is 21.4 Å². The third-order valence-corrected chi connectivity index (χ3v) is 8.88. The van der Waals surface area contributed by atoms with E-state index in [9.17, 15) is 24.7 Å². The maximum Gasteiger partial charge on any atom is 0.353 e. The van der Waals surface area contributed by atoms with E-state index < -0.39 is 29.2 Å². The lowest BCUT2D eigenvalue weighted by Gasteiger charge is -2.49. The lowest BCUT2D eigenvalue weighted by Crippen LogP contribution is -2.71. The summed E-state index contributed by atoms with van der Waals surface area (Å²) in [6.45, 7) is 0. The molecule has 0 spiro atoms. The number of β-lactam (4-membered cyclic amide) rings is 1. The monoisotopic (exact) mass is 524 g/mol. The molecular formula is C18H16N6O5S4. The Morgan fingerprint density at radius 1 is 1.36 bits per heavy atom. The van der Waals surface area contributed by atoms with E-state index in [0.717, 1.165) is 16.4 Å². The maximum absolute atomic E-state index is 12.8. The number of nitrogens with zero attached hydrogens (tertiary/aromatic N) is 4. The number of nitrogens with two attached hydrogens (primary N) is 1. The number of nitrogens with one attached hydrogen (secondary N) is 1. The van der Waals surface area contributed by atoms with Crippen LogP contribution in [0.25, 0.3) is 0 Å². The molecule has 0 bridgehead atoms. The summed E-state index contributed by atoms with van der Waals surface area (Å²) in [5.41, 5.74) is 5.17. The number of rotatable bonds is 8. The summed E-state index contributed by atoms with van der Waals surface area (Å²) in [5, 5.41) is 26.9. The Morgan fingerprint density at radius 3 is 2.82 bits per heavy atom. The highest BCUT2D eigenvalue weighted by atomic mass is 32.2. The number of nitrogen functional groups attached to an aromatic ring is 1. The third kappa shape index (κ3) is 4.80. The Kier molecular flexibility index (Phi) is 7.11. The molecular weight excluding hydrogens is 509 g/mol. The molecule has 2 aromatic rings. The zero-order chi connectivity index (χ0) is 23.5. The van der Waals surface area contributed by atoms with E-state index in [-0.39, 0.29) is 22.2 Å². The number of anilines is 1. The van der Waals surface area contributed by atoms with E-state index in [1.54, 1.807) is 6.20 Å². The molecule has 1 fully saturated rings. The van der Waals surface area contributed by atoms with Crippen LogP contribution in [0.1, 0.15) is 5.69 Å². The fourth-order valence-corrected chi connectivity index (χ4v) is 7.31. The molecule has 2 aliphatic rings. The van der Waals surface area contributed by atoms with Crippen LogP contribution in [0.3, 0.4) is 0 Å². The van der Waals surface area contributed by atoms with Crippen LogP contribution in [-0.4, -0.2) is 70.9 Å². The molecule has 1 saturated heterocycles. The van der Waals surface area contributed by atoms with Gasteiger partial charge in [0.1, 0.15) is 22.8 Å². The molecule has 0 radical (unpaired) electrons. The molecule has 2 aromatic heterocycles. The fourth-order valence-electron chi connectivity index (χ4n) is 3.11. The van der Waals surface area contributed by atoms with E-state index in [1.165, 1.54) is 45.6 Å². The molecule has 0 aliphatic carbocycles. The summed E-state index contributed by atoms with van der Waals surface area (Å²) in [6, 6.07) is 4.58. The molecule has 5 N–H and O–H groups in total. The van der Waals surface area contributed by atoms with Crippen molar-refractivity contribution in [2.45, 2.75) is 16.4 Å². The van der Waals surface area contributed by atoms with Crippen molar-refractivity contribution in [3.8, 4) is 0 Å². The predicted octanol–water partition coefficient (Wildman–Crippen LogP) is 1.48. The molecule has 2 atom stereocenters. The van der Waals surface area contributed by atoms with Crippen molar-refractivity contribution in [3.05, 3.63) is 46.1 Å². The SMILES string of the molecule is Nc1nc(/C(=N/O)C(=O)N[C@@H]2C(=O)N3C(C(=O)O)=C(SCSc4ccccn4)CS[C@H]23)cs1. The number of carbonyl (C=O) groups is 3. The minimum atomic E-state index is -1.21. The van der Waals surface area contributed by atoms with Crippen molar-refractivity contribution in [2.24, 2.45) is 5.16 Å². The molecule has 0 aromatic carbocycles. The van der Waals surface area contributed by atoms with Crippen LogP contribution in [0.15, 0.2) is 50.6 Å². The summed E-state index contributed by atoms with van der Waals surface area (Å²) in [7, 11) is 0. The van der Waals surface area contributed by atoms with Gasteiger partial charge in [0.2, 0.25) is 0 Å². The van der Waals surface area contributed by atoms with Gasteiger partial charge in [0.05, 0.1) is 5.03 Å². The van der Waals surface area contributed by atoms with Crippen molar-refractivity contribution >= 4 is 75.2 Å². The van der Waals surface area contributed by atoms with Gasteiger partial charge >= 0.3 is 5.97 Å². The number of amides is 2. The number of thioether (sulfide) groups is 3. The average molecular weight is 525 g/mol. The lowest BCUT2D eigenvalue weighted by atomic mass is 10.0. The van der Waals surface area contributed by atoms with Crippen molar-refractivity contribution in [1.82, 2.24) is 20.2 Å². The first-order chi connectivity index (χ1) is 15.9. The van der Waals surface area contributed by atoms with Crippen LogP contribution in [0.5, 0.6) is 0 Å². The maximum atomic E-state index is 12.8. The number of aliphatic carboxylic acids is 1. The smallest absolute Gasteiger partial charge is 0.353 e. The molecule has 2 amide bonds. The normalized spacial score (nSPS) is 20.3. The predicted molar refractivity (Wildman–Crippen MR) is 127 cm³/mol. The highest BCUT2D eigenvalue weighted by Crippen LogP contribution is 2.44. The van der Waals surface area contributed by atoms with E-state index in [1.807, 2.05) is 18.2 Å². The molecule has 15 heteroatoms. The molecule has 33 heavy (non-hydrogen) atoms. The van der Waals surface area contributed by atoms with Gasteiger partial charge in [-0.1, -0.05) is 23.0 Å². The van der Waals surface area contributed by atoms with Gasteiger partial charge in [0.25, 0.3) is 11.8 Å². The Bertz CT molecular complexity index is 1150. The minimum absolute atomic E-state index is 0.0765. The molecule has 172 valence electrons. The largest absolute Gasteiger partial charge is 0.477 e. The van der Waals surface area contributed by atoms with Crippen molar-refractivity contribution in [2.75, 3.05) is 16.6 Å². The molecule has 11 nitrogen and oxygen atoms in total. The van der Waals surface area contributed by atoms with Crippen LogP contribution < -0.4 is 11.1 Å². The van der Waals surface area contributed by atoms with Crippen LogP contribution in [0.4, 0.5) is 5.13 Å². The van der Waals surface area contributed by atoms with Crippen LogP contribution >= 0.6 is 46.6 Å². The van der Waals surface area contributed by atoms with Gasteiger partial charge in [-0.15, -0.1) is 34.9 Å². The second-order valence-corrected chi connectivity index (χ2v) is 11.0. The highest BCUT2D eigenvalue weighted by Gasteiger charge is 2.54. The summed E-state index contributed by atoms with van der Waals surface area (Å²) in [4.78, 5) is 47.2. The number of carboxylic acid groups (broad SMARTS) is 1. The Labute approximate surface area is 203 Å². The quantitative estimate of drug-likeness (QED) is 0.0984. The molecule has 2 aliphatic heterocycles. The van der Waals surface area contributed by atoms with Gasteiger partial charge in [0, 0.05) is 27.3 Å². The third-order valence-electron chi connectivity index (χ3n) is 4.58. The minimum Gasteiger partial charge on any atom is -0.477 e. The average Bonchev–Trinajstić information content (AvgIpc) is 3.23. The highest BCUT2D eigenvalue weighted by molar-refractivity contribution is 8.18. The zero-order valence-corrected chi connectivity index (χ0v) is 19.8. The van der Waals surface area contributed by atoms with E-state index in [2.05, 4.69) is 20.4 Å². The number of oxime groups is 1. The van der Waals surface area contributed by atoms with Crippen molar-refractivity contribution in [1.29, 1.82) is 0 Å². The summed E-state index contributed by atoms with van der Waals surface area (Å²) in [6.07, 6.45) is 1.68. The van der Waals surface area contributed by atoms with Crippen LogP contribution in [0.2, 0.25) is 0 Å². The summed E-state index contributed by atoms with van der Waals surface area (Å²) in [5.74, 6) is -2.20. The Hall–Kier alpha value is -2.75.